The van der Waals surface area contributed by atoms with Crippen molar-refractivity contribution >= 4 is 29.3 Å². The zero-order chi connectivity index (χ0) is 23.5. The predicted molar refractivity (Wildman–Crippen MR) is 127 cm³/mol. The Kier molecular flexibility index (Phi) is 6.03. The van der Waals surface area contributed by atoms with E-state index in [2.05, 4.69) is 5.32 Å². The molecule has 164 valence electrons. The highest BCUT2D eigenvalue weighted by Crippen LogP contribution is 2.26. The fraction of sp³-hybridized carbons (Fsp3) is 0.0800. The molecule has 1 N–H and O–H groups in total. The van der Waals surface area contributed by atoms with Crippen LogP contribution in [0.2, 0.25) is 5.02 Å². The molecular formula is C25H19ClN4O3. The van der Waals surface area contributed by atoms with Gasteiger partial charge in [-0.3, -0.25) is 14.3 Å². The SMILES string of the molecule is Cc1c(NC(=O)C(C#N)=Cc2ccc(-c3cccc(Cl)c3)o2)c(=O)n(-c2ccccc2)n1C. The Balaban J connectivity index is 1.62. The molecule has 0 radical (unpaired) electrons. The molecule has 2 aromatic heterocycles. The number of nitrogens with zero attached hydrogens (tertiary/aromatic N) is 3. The van der Waals surface area contributed by atoms with Crippen LogP contribution in [0.25, 0.3) is 23.1 Å². The minimum atomic E-state index is -0.704. The van der Waals surface area contributed by atoms with Gasteiger partial charge in [-0.05, 0) is 43.3 Å². The van der Waals surface area contributed by atoms with Crippen LogP contribution in [0, 0.1) is 18.3 Å². The van der Waals surface area contributed by atoms with E-state index in [0.717, 1.165) is 5.56 Å². The lowest BCUT2D eigenvalue weighted by Crippen LogP contribution is -2.23. The summed E-state index contributed by atoms with van der Waals surface area (Å²) >= 11 is 6.03. The molecule has 1 amide bonds. The van der Waals surface area contributed by atoms with Crippen molar-refractivity contribution in [2.45, 2.75) is 6.92 Å². The van der Waals surface area contributed by atoms with Crippen LogP contribution in [0.15, 0.2) is 81.5 Å². The van der Waals surface area contributed by atoms with Gasteiger partial charge in [0, 0.05) is 23.7 Å². The first-order valence-electron chi connectivity index (χ1n) is 10.0. The number of amides is 1. The van der Waals surface area contributed by atoms with Crippen LogP contribution in [0.5, 0.6) is 0 Å². The summed E-state index contributed by atoms with van der Waals surface area (Å²) in [5.41, 5.74) is 1.49. The van der Waals surface area contributed by atoms with Crippen LogP contribution in [0.1, 0.15) is 11.5 Å². The zero-order valence-corrected chi connectivity index (χ0v) is 18.6. The summed E-state index contributed by atoms with van der Waals surface area (Å²) in [5.74, 6) is 0.165. The van der Waals surface area contributed by atoms with Gasteiger partial charge in [0.05, 0.1) is 11.4 Å². The molecule has 0 bridgehead atoms. The summed E-state index contributed by atoms with van der Waals surface area (Å²) in [6.07, 6.45) is 1.33. The molecule has 0 saturated carbocycles. The van der Waals surface area contributed by atoms with Gasteiger partial charge >= 0.3 is 0 Å². The van der Waals surface area contributed by atoms with Crippen molar-refractivity contribution in [2.75, 3.05) is 5.32 Å². The molecule has 0 saturated heterocycles. The molecule has 0 spiro atoms. The van der Waals surface area contributed by atoms with E-state index >= 15 is 0 Å². The first kappa shape index (κ1) is 21.9. The Morgan fingerprint density at radius 2 is 1.88 bits per heavy atom. The first-order valence-corrected chi connectivity index (χ1v) is 10.4. The maximum absolute atomic E-state index is 13.0. The maximum Gasteiger partial charge on any atom is 0.295 e. The van der Waals surface area contributed by atoms with Crippen molar-refractivity contribution in [1.29, 1.82) is 5.26 Å². The van der Waals surface area contributed by atoms with Crippen molar-refractivity contribution in [3.05, 3.63) is 99.1 Å². The molecule has 0 aliphatic carbocycles. The van der Waals surface area contributed by atoms with Gasteiger partial charge in [0.15, 0.2) is 0 Å². The monoisotopic (exact) mass is 458 g/mol. The quantitative estimate of drug-likeness (QED) is 0.338. The second-order valence-electron chi connectivity index (χ2n) is 7.27. The third kappa shape index (κ3) is 4.38. The highest BCUT2D eigenvalue weighted by atomic mass is 35.5. The number of anilines is 1. The summed E-state index contributed by atoms with van der Waals surface area (Å²) in [7, 11) is 1.72. The van der Waals surface area contributed by atoms with E-state index in [1.165, 1.54) is 10.8 Å². The third-order valence-corrected chi connectivity index (χ3v) is 5.42. The van der Waals surface area contributed by atoms with Gasteiger partial charge in [-0.15, -0.1) is 0 Å². The minimum Gasteiger partial charge on any atom is -0.457 e. The average Bonchev–Trinajstić information content (AvgIpc) is 3.37. The summed E-state index contributed by atoms with van der Waals surface area (Å²) < 4.78 is 8.84. The molecule has 0 fully saturated rings. The molecule has 2 heterocycles. The van der Waals surface area contributed by atoms with Crippen LogP contribution in [-0.4, -0.2) is 15.3 Å². The van der Waals surface area contributed by atoms with Gasteiger partial charge < -0.3 is 9.73 Å². The maximum atomic E-state index is 13.0. The molecule has 33 heavy (non-hydrogen) atoms. The Morgan fingerprint density at radius 1 is 1.12 bits per heavy atom. The van der Waals surface area contributed by atoms with Crippen LogP contribution in [-0.2, 0) is 11.8 Å². The number of halogens is 1. The number of carbonyl (C=O) groups is 1. The Bertz CT molecular complexity index is 1470. The Hall–Kier alpha value is -4.28. The molecule has 0 atom stereocenters. The number of benzene rings is 2. The lowest BCUT2D eigenvalue weighted by molar-refractivity contribution is -0.112. The van der Waals surface area contributed by atoms with Gasteiger partial charge in [-0.2, -0.15) is 5.26 Å². The fourth-order valence-electron chi connectivity index (χ4n) is 3.41. The van der Waals surface area contributed by atoms with Crippen LogP contribution in [0.4, 0.5) is 5.69 Å². The standard InChI is InChI=1S/C25H19ClN4O3/c1-16-23(25(32)30(29(16)2)20-9-4-3-5-10-20)28-24(31)18(15-27)14-21-11-12-22(33-21)17-7-6-8-19(26)13-17/h3-14H,1-2H3,(H,28,31). The first-order chi connectivity index (χ1) is 15.9. The number of para-hydroxylation sites is 1. The average molecular weight is 459 g/mol. The van der Waals surface area contributed by atoms with Gasteiger partial charge in [0.25, 0.3) is 11.5 Å². The van der Waals surface area contributed by atoms with E-state index in [1.54, 1.807) is 61.1 Å². The van der Waals surface area contributed by atoms with E-state index in [9.17, 15) is 14.9 Å². The lowest BCUT2D eigenvalue weighted by atomic mass is 10.2. The van der Waals surface area contributed by atoms with Crippen molar-refractivity contribution in [3.63, 3.8) is 0 Å². The van der Waals surface area contributed by atoms with E-state index in [0.29, 0.717) is 27.9 Å². The number of aromatic nitrogens is 2. The number of hydrogen-bond donors (Lipinski definition) is 1. The second-order valence-corrected chi connectivity index (χ2v) is 7.71. The molecule has 0 aliphatic heterocycles. The molecule has 0 aliphatic rings. The largest absolute Gasteiger partial charge is 0.457 e. The Labute approximate surface area is 194 Å². The van der Waals surface area contributed by atoms with E-state index in [4.69, 9.17) is 16.0 Å². The van der Waals surface area contributed by atoms with E-state index in [-0.39, 0.29) is 11.3 Å². The predicted octanol–water partition coefficient (Wildman–Crippen LogP) is 4.94. The molecule has 4 aromatic rings. The van der Waals surface area contributed by atoms with Crippen LogP contribution >= 0.6 is 11.6 Å². The van der Waals surface area contributed by atoms with E-state index in [1.807, 2.05) is 30.3 Å². The van der Waals surface area contributed by atoms with Crippen molar-refractivity contribution in [1.82, 2.24) is 9.36 Å². The summed E-state index contributed by atoms with van der Waals surface area (Å²) in [5, 5.41) is 12.7. The topological polar surface area (TPSA) is 93.0 Å². The van der Waals surface area contributed by atoms with Crippen LogP contribution < -0.4 is 10.9 Å². The number of rotatable bonds is 5. The number of carbonyl (C=O) groups excluding carboxylic acids is 1. The minimum absolute atomic E-state index is 0.103. The fourth-order valence-corrected chi connectivity index (χ4v) is 3.60. The molecule has 0 unspecified atom stereocenters. The molecule has 4 rings (SSSR count). The molecule has 2 aromatic carbocycles. The van der Waals surface area contributed by atoms with Crippen LogP contribution in [0.3, 0.4) is 0 Å². The van der Waals surface area contributed by atoms with Crippen molar-refractivity contribution in [3.8, 4) is 23.1 Å². The number of hydrogen-bond acceptors (Lipinski definition) is 4. The third-order valence-electron chi connectivity index (χ3n) is 5.18. The van der Waals surface area contributed by atoms with Crippen molar-refractivity contribution < 1.29 is 9.21 Å². The number of nitriles is 1. The van der Waals surface area contributed by atoms with Gasteiger partial charge in [-0.1, -0.05) is 41.9 Å². The lowest BCUT2D eigenvalue weighted by Gasteiger charge is -2.07. The number of furan rings is 1. The van der Waals surface area contributed by atoms with Gasteiger partial charge in [0.1, 0.15) is 28.9 Å². The zero-order valence-electron chi connectivity index (χ0n) is 17.9. The van der Waals surface area contributed by atoms with E-state index < -0.39 is 11.5 Å². The van der Waals surface area contributed by atoms with Gasteiger partial charge in [0.2, 0.25) is 0 Å². The van der Waals surface area contributed by atoms with Crippen molar-refractivity contribution in [2.24, 2.45) is 7.05 Å². The highest BCUT2D eigenvalue weighted by molar-refractivity contribution is 6.30. The molecule has 8 heteroatoms. The molecule has 7 nitrogen and oxygen atoms in total. The summed E-state index contributed by atoms with van der Waals surface area (Å²) in [6.45, 7) is 1.72. The second kappa shape index (κ2) is 9.07. The normalized spacial score (nSPS) is 11.3. The summed E-state index contributed by atoms with van der Waals surface area (Å²) in [4.78, 5) is 25.8. The van der Waals surface area contributed by atoms with Gasteiger partial charge in [-0.25, -0.2) is 4.68 Å². The molecular weight excluding hydrogens is 440 g/mol. The number of nitrogens with one attached hydrogen (secondary N) is 1. The Morgan fingerprint density at radius 3 is 2.58 bits per heavy atom. The summed E-state index contributed by atoms with van der Waals surface area (Å²) in [6, 6.07) is 21.5. The smallest absolute Gasteiger partial charge is 0.295 e. The highest BCUT2D eigenvalue weighted by Gasteiger charge is 2.20.